The number of unbranched alkanes of at least 4 members (excludes halogenated alkanes) is 3. The van der Waals surface area contributed by atoms with Gasteiger partial charge in [-0.1, -0.05) is 38.3 Å². The van der Waals surface area contributed by atoms with E-state index in [0.29, 0.717) is 13.2 Å². The van der Waals surface area contributed by atoms with Crippen LogP contribution in [0.25, 0.3) is 0 Å². The van der Waals surface area contributed by atoms with Crippen LogP contribution in [0.15, 0.2) is 24.3 Å². The maximum absolute atomic E-state index is 11.9. The van der Waals surface area contributed by atoms with Crippen molar-refractivity contribution in [2.45, 2.75) is 45.6 Å². The molecule has 1 aliphatic heterocycles. The van der Waals surface area contributed by atoms with Gasteiger partial charge in [0.05, 0.1) is 12.5 Å². The molecule has 0 aliphatic carbocycles. The highest BCUT2D eigenvalue weighted by atomic mass is 16.5. The summed E-state index contributed by atoms with van der Waals surface area (Å²) in [5.74, 6) is -0.769. The van der Waals surface area contributed by atoms with E-state index in [0.717, 1.165) is 17.7 Å². The van der Waals surface area contributed by atoms with Gasteiger partial charge in [0.1, 0.15) is 5.75 Å². The average molecular weight is 319 g/mol. The molecule has 1 unspecified atom stereocenters. The Kier molecular flexibility index (Phi) is 6.44. The Labute approximate surface area is 137 Å². The van der Waals surface area contributed by atoms with Crippen LogP contribution in [0.2, 0.25) is 0 Å². The lowest BCUT2D eigenvalue weighted by molar-refractivity contribution is -0.141. The summed E-state index contributed by atoms with van der Waals surface area (Å²) in [6.07, 6.45) is 4.75. The highest BCUT2D eigenvalue weighted by Crippen LogP contribution is 2.22. The molecule has 1 fully saturated rings. The number of rotatable bonds is 9. The summed E-state index contributed by atoms with van der Waals surface area (Å²) in [4.78, 5) is 24.5. The van der Waals surface area contributed by atoms with E-state index in [4.69, 9.17) is 9.84 Å². The van der Waals surface area contributed by atoms with Crippen molar-refractivity contribution in [2.75, 3.05) is 13.2 Å². The Balaban J connectivity index is 1.85. The van der Waals surface area contributed by atoms with Gasteiger partial charge in [0, 0.05) is 19.5 Å². The summed E-state index contributed by atoms with van der Waals surface area (Å²) in [5, 5.41) is 9.02. The molecule has 0 saturated carbocycles. The minimum Gasteiger partial charge on any atom is -0.494 e. The van der Waals surface area contributed by atoms with E-state index in [1.165, 1.54) is 19.3 Å². The number of likely N-dealkylation sites (tertiary alicyclic amines) is 1. The van der Waals surface area contributed by atoms with Gasteiger partial charge in [-0.3, -0.25) is 9.59 Å². The molecule has 0 radical (unpaired) electrons. The number of carboxylic acids is 1. The first-order valence-corrected chi connectivity index (χ1v) is 8.32. The molecule has 2 rings (SSSR count). The first-order chi connectivity index (χ1) is 11.1. The number of carbonyl (C=O) groups excluding carboxylic acids is 1. The van der Waals surface area contributed by atoms with E-state index >= 15 is 0 Å². The molecule has 1 aliphatic rings. The summed E-state index contributed by atoms with van der Waals surface area (Å²) in [5.41, 5.74) is 0.968. The molecule has 1 amide bonds. The molecule has 5 heteroatoms. The minimum absolute atomic E-state index is 0.0942. The number of carbonyl (C=O) groups is 2. The Morgan fingerprint density at radius 1 is 1.35 bits per heavy atom. The molecule has 23 heavy (non-hydrogen) atoms. The third-order valence-corrected chi connectivity index (χ3v) is 4.10. The molecule has 1 heterocycles. The molecule has 1 N–H and O–H groups in total. The van der Waals surface area contributed by atoms with E-state index in [9.17, 15) is 9.59 Å². The van der Waals surface area contributed by atoms with Gasteiger partial charge in [-0.25, -0.2) is 0 Å². The fraction of sp³-hybridized carbons (Fsp3) is 0.556. The van der Waals surface area contributed by atoms with Gasteiger partial charge < -0.3 is 14.7 Å². The van der Waals surface area contributed by atoms with Crippen LogP contribution in [-0.2, 0) is 16.1 Å². The van der Waals surface area contributed by atoms with E-state index in [2.05, 4.69) is 6.92 Å². The molecule has 0 aromatic heterocycles. The maximum Gasteiger partial charge on any atom is 0.308 e. The lowest BCUT2D eigenvalue weighted by Gasteiger charge is -2.16. The molecule has 1 atom stereocenters. The van der Waals surface area contributed by atoms with E-state index in [1.807, 2.05) is 24.3 Å². The second-order valence-electron chi connectivity index (χ2n) is 6.07. The van der Waals surface area contributed by atoms with Gasteiger partial charge in [0.2, 0.25) is 5.91 Å². The van der Waals surface area contributed by atoms with Gasteiger partial charge in [0.15, 0.2) is 0 Å². The number of carboxylic acid groups (broad SMARTS) is 1. The summed E-state index contributed by atoms with van der Waals surface area (Å²) in [6, 6.07) is 7.69. The summed E-state index contributed by atoms with van der Waals surface area (Å²) >= 11 is 0. The minimum atomic E-state index is -0.898. The summed E-state index contributed by atoms with van der Waals surface area (Å²) < 4.78 is 5.75. The van der Waals surface area contributed by atoms with E-state index in [1.54, 1.807) is 4.90 Å². The molecule has 5 nitrogen and oxygen atoms in total. The van der Waals surface area contributed by atoms with Gasteiger partial charge in [-0.2, -0.15) is 0 Å². The van der Waals surface area contributed by atoms with Crippen LogP contribution in [0, 0.1) is 5.92 Å². The number of benzene rings is 1. The smallest absolute Gasteiger partial charge is 0.308 e. The Morgan fingerprint density at radius 3 is 2.87 bits per heavy atom. The Hall–Kier alpha value is -2.04. The normalized spacial score (nSPS) is 17.5. The Morgan fingerprint density at radius 2 is 2.17 bits per heavy atom. The Bertz CT molecular complexity index is 544. The van der Waals surface area contributed by atoms with Crippen LogP contribution in [0.3, 0.4) is 0 Å². The molecule has 0 bridgehead atoms. The zero-order chi connectivity index (χ0) is 16.7. The van der Waals surface area contributed by atoms with Crippen molar-refractivity contribution in [2.24, 2.45) is 5.92 Å². The number of hydrogen-bond acceptors (Lipinski definition) is 3. The summed E-state index contributed by atoms with van der Waals surface area (Å²) in [7, 11) is 0. The summed E-state index contributed by atoms with van der Waals surface area (Å²) in [6.45, 7) is 3.61. The maximum atomic E-state index is 11.9. The van der Waals surface area contributed by atoms with E-state index < -0.39 is 11.9 Å². The van der Waals surface area contributed by atoms with Crippen LogP contribution in [0.1, 0.15) is 44.6 Å². The predicted molar refractivity (Wildman–Crippen MR) is 87.2 cm³/mol. The zero-order valence-corrected chi connectivity index (χ0v) is 13.7. The van der Waals surface area contributed by atoms with Crippen molar-refractivity contribution in [1.29, 1.82) is 0 Å². The van der Waals surface area contributed by atoms with Gasteiger partial charge in [0.25, 0.3) is 0 Å². The quantitative estimate of drug-likeness (QED) is 0.710. The first kappa shape index (κ1) is 17.3. The highest BCUT2D eigenvalue weighted by Gasteiger charge is 2.34. The second kappa shape index (κ2) is 8.56. The molecular formula is C18H25NO4. The van der Waals surface area contributed by atoms with E-state index in [-0.39, 0.29) is 18.9 Å². The van der Waals surface area contributed by atoms with Crippen LogP contribution in [0.4, 0.5) is 0 Å². The fourth-order valence-corrected chi connectivity index (χ4v) is 2.76. The van der Waals surface area contributed by atoms with Crippen molar-refractivity contribution in [1.82, 2.24) is 4.90 Å². The highest BCUT2D eigenvalue weighted by molar-refractivity contribution is 5.86. The first-order valence-electron chi connectivity index (χ1n) is 8.32. The van der Waals surface area contributed by atoms with Crippen molar-refractivity contribution < 1.29 is 19.4 Å². The molecule has 1 aromatic rings. The van der Waals surface area contributed by atoms with Crippen LogP contribution >= 0.6 is 0 Å². The monoisotopic (exact) mass is 319 g/mol. The molecular weight excluding hydrogens is 294 g/mol. The third kappa shape index (κ3) is 5.27. The fourth-order valence-electron chi connectivity index (χ4n) is 2.76. The van der Waals surface area contributed by atoms with Crippen molar-refractivity contribution in [3.05, 3.63) is 29.8 Å². The van der Waals surface area contributed by atoms with Crippen LogP contribution in [-0.4, -0.2) is 35.0 Å². The average Bonchev–Trinajstić information content (AvgIpc) is 2.89. The zero-order valence-electron chi connectivity index (χ0n) is 13.7. The van der Waals surface area contributed by atoms with Crippen molar-refractivity contribution in [3.8, 4) is 5.75 Å². The lowest BCUT2D eigenvalue weighted by Crippen LogP contribution is -2.25. The molecule has 126 valence electrons. The second-order valence-corrected chi connectivity index (χ2v) is 6.07. The largest absolute Gasteiger partial charge is 0.494 e. The third-order valence-electron chi connectivity index (χ3n) is 4.10. The van der Waals surface area contributed by atoms with Gasteiger partial charge in [-0.15, -0.1) is 0 Å². The van der Waals surface area contributed by atoms with Crippen molar-refractivity contribution in [3.63, 3.8) is 0 Å². The number of aliphatic carboxylic acids is 1. The SMILES string of the molecule is CCCCCCOc1cccc(CN2CC(C(=O)O)CC2=O)c1. The van der Waals surface area contributed by atoms with Gasteiger partial charge >= 0.3 is 5.97 Å². The molecule has 1 saturated heterocycles. The van der Waals surface area contributed by atoms with Crippen LogP contribution in [0.5, 0.6) is 5.75 Å². The number of ether oxygens (including phenoxy) is 1. The van der Waals surface area contributed by atoms with Crippen LogP contribution < -0.4 is 4.74 Å². The predicted octanol–water partition coefficient (Wildman–Crippen LogP) is 3.08. The topological polar surface area (TPSA) is 66.8 Å². The lowest BCUT2D eigenvalue weighted by atomic mass is 10.1. The number of nitrogens with zero attached hydrogens (tertiary/aromatic N) is 1. The van der Waals surface area contributed by atoms with Crippen molar-refractivity contribution >= 4 is 11.9 Å². The van der Waals surface area contributed by atoms with Gasteiger partial charge in [-0.05, 0) is 24.1 Å². The number of amides is 1. The molecule has 1 aromatic carbocycles. The molecule has 0 spiro atoms. The number of hydrogen-bond donors (Lipinski definition) is 1. The standard InChI is InChI=1S/C18H25NO4/c1-2-3-4-5-9-23-16-8-6-7-14(10-16)12-19-13-15(18(21)22)11-17(19)20/h6-8,10,15H,2-5,9,11-13H2,1H3,(H,21,22).